The van der Waals surface area contributed by atoms with Crippen molar-refractivity contribution in [3.63, 3.8) is 0 Å². The standard InChI is InChI=1S/C6H10O7.Li/c7-1-2(8)3(9)4(10)5(11)6(12)13;/h1-5,8-11H,(H,12,13);/q;+1/p-1/t2-,3+,4-,5-;/m0./s1. The third kappa shape index (κ3) is 4.19. The van der Waals surface area contributed by atoms with Crippen LogP contribution in [0.1, 0.15) is 0 Å². The minimum absolute atomic E-state index is 0. The maximum absolute atomic E-state index is 9.95. The molecule has 0 bridgehead atoms. The topological polar surface area (TPSA) is 138 Å². The van der Waals surface area contributed by atoms with Crippen molar-refractivity contribution in [2.75, 3.05) is 0 Å². The van der Waals surface area contributed by atoms with Gasteiger partial charge in [-0.25, -0.2) is 0 Å². The molecule has 7 nitrogen and oxygen atoms in total. The second-order valence-corrected chi connectivity index (χ2v) is 2.37. The molecule has 0 rings (SSSR count). The number of carboxylic acid groups (broad SMARTS) is 1. The molecule has 0 aromatic heterocycles. The molecule has 14 heavy (non-hydrogen) atoms. The van der Waals surface area contributed by atoms with Crippen LogP contribution < -0.4 is 24.0 Å². The van der Waals surface area contributed by atoms with Crippen molar-refractivity contribution in [2.24, 2.45) is 0 Å². The molecule has 0 heterocycles. The van der Waals surface area contributed by atoms with Gasteiger partial charge in [0.15, 0.2) is 6.29 Å². The summed E-state index contributed by atoms with van der Waals surface area (Å²) in [5, 5.41) is 44.8. The van der Waals surface area contributed by atoms with Crippen LogP contribution in [0.3, 0.4) is 0 Å². The zero-order chi connectivity index (χ0) is 10.6. The van der Waals surface area contributed by atoms with E-state index in [1.54, 1.807) is 0 Å². The van der Waals surface area contributed by atoms with Crippen LogP contribution >= 0.6 is 0 Å². The first kappa shape index (κ1) is 16.0. The molecule has 0 saturated heterocycles. The van der Waals surface area contributed by atoms with E-state index in [2.05, 4.69) is 0 Å². The van der Waals surface area contributed by atoms with E-state index < -0.39 is 30.4 Å². The van der Waals surface area contributed by atoms with Gasteiger partial charge in [-0.2, -0.15) is 0 Å². The van der Waals surface area contributed by atoms with Gasteiger partial charge in [-0.15, -0.1) is 0 Å². The number of aliphatic carboxylic acids is 1. The molecule has 0 aliphatic rings. The fraction of sp³-hybridized carbons (Fsp3) is 0.667. The van der Waals surface area contributed by atoms with Crippen LogP contribution in [0.2, 0.25) is 0 Å². The Morgan fingerprint density at radius 1 is 1.14 bits per heavy atom. The van der Waals surface area contributed by atoms with Crippen molar-refractivity contribution in [1.82, 2.24) is 0 Å². The summed E-state index contributed by atoms with van der Waals surface area (Å²) in [7, 11) is 0. The van der Waals surface area contributed by atoms with Gasteiger partial charge in [0.05, 0.1) is 5.97 Å². The van der Waals surface area contributed by atoms with Crippen molar-refractivity contribution in [2.45, 2.75) is 24.4 Å². The normalized spacial score (nSPS) is 18.6. The number of aldehydes is 1. The van der Waals surface area contributed by atoms with E-state index in [1.165, 1.54) is 0 Å². The van der Waals surface area contributed by atoms with Crippen LogP contribution in [0.5, 0.6) is 0 Å². The number of carboxylic acids is 1. The average molecular weight is 200 g/mol. The molecule has 0 amide bonds. The predicted octanol–water partition coefficient (Wildman–Crippen LogP) is -7.62. The molecule has 0 fully saturated rings. The number of hydrogen-bond donors (Lipinski definition) is 4. The summed E-state index contributed by atoms with van der Waals surface area (Å²) < 4.78 is 0. The average Bonchev–Trinajstić information content (AvgIpc) is 2.12. The number of rotatable bonds is 5. The molecular formula is C6H9LiO7. The van der Waals surface area contributed by atoms with Crippen molar-refractivity contribution < 1.29 is 54.0 Å². The van der Waals surface area contributed by atoms with E-state index in [1.807, 2.05) is 0 Å². The van der Waals surface area contributed by atoms with Gasteiger partial charge in [0, 0.05) is 0 Å². The molecule has 76 valence electrons. The quantitative estimate of drug-likeness (QED) is 0.255. The van der Waals surface area contributed by atoms with Gasteiger partial charge in [0.2, 0.25) is 0 Å². The third-order valence-corrected chi connectivity index (χ3v) is 1.40. The molecule has 8 heteroatoms. The van der Waals surface area contributed by atoms with Crippen molar-refractivity contribution in [1.29, 1.82) is 0 Å². The van der Waals surface area contributed by atoms with Gasteiger partial charge in [-0.1, -0.05) is 0 Å². The summed E-state index contributed by atoms with van der Waals surface area (Å²) in [5.41, 5.74) is 0. The summed E-state index contributed by atoms with van der Waals surface area (Å²) in [6, 6.07) is 0. The molecule has 0 aromatic carbocycles. The molecule has 0 saturated carbocycles. The van der Waals surface area contributed by atoms with Crippen molar-refractivity contribution >= 4 is 12.3 Å². The van der Waals surface area contributed by atoms with Gasteiger partial charge in [-0.3, -0.25) is 0 Å². The molecule has 0 aromatic rings. The maximum Gasteiger partial charge on any atom is 1.00 e. The monoisotopic (exact) mass is 200 g/mol. The van der Waals surface area contributed by atoms with Crippen LogP contribution in [0, 0.1) is 0 Å². The summed E-state index contributed by atoms with van der Waals surface area (Å²) in [6.07, 6.45) is -8.65. The van der Waals surface area contributed by atoms with Gasteiger partial charge in [0.25, 0.3) is 0 Å². The second kappa shape index (κ2) is 6.95. The second-order valence-electron chi connectivity index (χ2n) is 2.37. The molecule has 4 atom stereocenters. The zero-order valence-electron chi connectivity index (χ0n) is 7.40. The minimum atomic E-state index is -2.36. The number of carbonyl (C=O) groups excluding carboxylic acids is 2. The summed E-state index contributed by atoms with van der Waals surface area (Å²) >= 11 is 0. The first-order chi connectivity index (χ1) is 5.91. The van der Waals surface area contributed by atoms with E-state index >= 15 is 0 Å². The van der Waals surface area contributed by atoms with E-state index in [0.717, 1.165) is 0 Å². The number of aliphatic hydroxyl groups is 4. The van der Waals surface area contributed by atoms with Crippen LogP contribution in [-0.2, 0) is 9.59 Å². The molecule has 4 N–H and O–H groups in total. The Balaban J connectivity index is 0. The molecular weight excluding hydrogens is 191 g/mol. The Kier molecular flexibility index (Phi) is 7.95. The smallest absolute Gasteiger partial charge is 0.547 e. The molecule has 0 spiro atoms. The van der Waals surface area contributed by atoms with Gasteiger partial charge in [-0.05, 0) is 0 Å². The fourth-order valence-electron chi connectivity index (χ4n) is 0.609. The molecule has 0 aliphatic heterocycles. The Labute approximate surface area is 91.2 Å². The first-order valence-electron chi connectivity index (χ1n) is 3.30. The van der Waals surface area contributed by atoms with E-state index in [-0.39, 0.29) is 25.1 Å². The molecule has 0 radical (unpaired) electrons. The van der Waals surface area contributed by atoms with Crippen LogP contribution in [0.15, 0.2) is 0 Å². The SMILES string of the molecule is O=C[C@H](O)[C@@H](O)[C@H](O)[C@H](O)C(=O)[O-].[Li+]. The number of carbonyl (C=O) groups is 2. The summed E-state index contributed by atoms with van der Waals surface area (Å²) in [4.78, 5) is 19.8. The Morgan fingerprint density at radius 3 is 1.86 bits per heavy atom. The Bertz CT molecular complexity index is 197. The van der Waals surface area contributed by atoms with Crippen LogP contribution in [-0.4, -0.2) is 57.1 Å². The van der Waals surface area contributed by atoms with E-state index in [4.69, 9.17) is 20.4 Å². The van der Waals surface area contributed by atoms with Crippen LogP contribution in [0.25, 0.3) is 0 Å². The minimum Gasteiger partial charge on any atom is -0.547 e. The van der Waals surface area contributed by atoms with Gasteiger partial charge < -0.3 is 35.1 Å². The Morgan fingerprint density at radius 2 is 1.57 bits per heavy atom. The molecule has 0 unspecified atom stereocenters. The zero-order valence-corrected chi connectivity index (χ0v) is 7.40. The third-order valence-electron chi connectivity index (χ3n) is 1.40. The van der Waals surface area contributed by atoms with Gasteiger partial charge in [0.1, 0.15) is 24.4 Å². The van der Waals surface area contributed by atoms with Gasteiger partial charge >= 0.3 is 18.9 Å². The number of hydrogen-bond acceptors (Lipinski definition) is 7. The maximum atomic E-state index is 9.95. The fourth-order valence-corrected chi connectivity index (χ4v) is 0.609. The van der Waals surface area contributed by atoms with Crippen molar-refractivity contribution in [3.8, 4) is 0 Å². The summed E-state index contributed by atoms with van der Waals surface area (Å²) in [5.74, 6) is -2.01. The predicted molar refractivity (Wildman–Crippen MR) is 35.1 cm³/mol. The van der Waals surface area contributed by atoms with Crippen molar-refractivity contribution in [3.05, 3.63) is 0 Å². The number of aliphatic hydroxyl groups excluding tert-OH is 4. The first-order valence-corrected chi connectivity index (χ1v) is 3.30. The summed E-state index contributed by atoms with van der Waals surface area (Å²) in [6.45, 7) is 0. The largest absolute Gasteiger partial charge is 1.00 e. The Hall–Kier alpha value is -0.423. The van der Waals surface area contributed by atoms with Crippen LogP contribution in [0.4, 0.5) is 0 Å². The molecule has 0 aliphatic carbocycles. The van der Waals surface area contributed by atoms with E-state index in [9.17, 15) is 14.7 Å². The van der Waals surface area contributed by atoms with E-state index in [0.29, 0.717) is 0 Å².